The van der Waals surface area contributed by atoms with E-state index >= 15 is 0 Å². The number of hydrogen-bond acceptors (Lipinski definition) is 6. The van der Waals surface area contributed by atoms with Crippen LogP contribution in [-0.4, -0.2) is 49.3 Å². The highest BCUT2D eigenvalue weighted by Gasteiger charge is 2.35. The van der Waals surface area contributed by atoms with Crippen LogP contribution in [0.5, 0.6) is 0 Å². The largest absolute Gasteiger partial charge is 0.338 e. The van der Waals surface area contributed by atoms with Gasteiger partial charge >= 0.3 is 0 Å². The second-order valence-electron chi connectivity index (χ2n) is 5.99. The summed E-state index contributed by atoms with van der Waals surface area (Å²) < 4.78 is 30.8. The van der Waals surface area contributed by atoms with Crippen molar-refractivity contribution in [2.24, 2.45) is 0 Å². The number of benzene rings is 1. The Kier molecular flexibility index (Phi) is 4.47. The van der Waals surface area contributed by atoms with Gasteiger partial charge in [-0.2, -0.15) is 4.98 Å². The van der Waals surface area contributed by atoms with Crippen LogP contribution in [0.15, 0.2) is 34.9 Å². The summed E-state index contributed by atoms with van der Waals surface area (Å²) in [5.74, 6) is 1.18. The molecule has 124 valence electrons. The number of nitrogens with one attached hydrogen (secondary N) is 1. The van der Waals surface area contributed by atoms with E-state index in [1.165, 1.54) is 6.26 Å². The highest BCUT2D eigenvalue weighted by atomic mass is 32.2. The first kappa shape index (κ1) is 16.1. The van der Waals surface area contributed by atoms with Crippen molar-refractivity contribution in [2.45, 2.75) is 24.9 Å². The molecule has 1 aromatic carbocycles. The van der Waals surface area contributed by atoms with Crippen molar-refractivity contribution in [2.75, 3.05) is 19.8 Å². The Morgan fingerprint density at radius 2 is 2.09 bits per heavy atom. The molecule has 0 bridgehead atoms. The number of likely N-dealkylation sites (tertiary alicyclic amines) is 1. The summed E-state index contributed by atoms with van der Waals surface area (Å²) in [5.41, 5.74) is 1.12. The molecule has 23 heavy (non-hydrogen) atoms. The zero-order chi connectivity index (χ0) is 16.4. The molecule has 2 aromatic rings. The first-order chi connectivity index (χ1) is 10.9. The molecule has 2 atom stereocenters. The van der Waals surface area contributed by atoms with E-state index in [-0.39, 0.29) is 12.1 Å². The second kappa shape index (κ2) is 6.38. The van der Waals surface area contributed by atoms with Crippen LogP contribution in [0.2, 0.25) is 0 Å². The average molecular weight is 336 g/mol. The topological polar surface area (TPSA) is 88.3 Å². The molecule has 0 saturated carbocycles. The molecule has 1 aliphatic rings. The quantitative estimate of drug-likeness (QED) is 0.875. The van der Waals surface area contributed by atoms with Crippen molar-refractivity contribution in [3.8, 4) is 0 Å². The van der Waals surface area contributed by atoms with Gasteiger partial charge in [-0.15, -0.1) is 0 Å². The Morgan fingerprint density at radius 3 is 2.78 bits per heavy atom. The van der Waals surface area contributed by atoms with Crippen molar-refractivity contribution in [1.82, 2.24) is 19.8 Å². The van der Waals surface area contributed by atoms with Crippen LogP contribution in [0, 0.1) is 0 Å². The monoisotopic (exact) mass is 336 g/mol. The fourth-order valence-electron chi connectivity index (χ4n) is 2.93. The fourth-order valence-corrected chi connectivity index (χ4v) is 3.71. The maximum absolute atomic E-state index is 11.4. The van der Waals surface area contributed by atoms with Gasteiger partial charge in [-0.1, -0.05) is 35.5 Å². The molecule has 0 radical (unpaired) electrons. The second-order valence-corrected chi connectivity index (χ2v) is 7.77. The van der Waals surface area contributed by atoms with Crippen LogP contribution in [0.4, 0.5) is 0 Å². The number of rotatable bonds is 5. The standard InChI is InChI=1S/C15H20N4O3S/c1-19-10-12(18-23(2,20)21)9-13(19)15-16-14(17-22-15)8-11-6-4-3-5-7-11/h3-7,12-13,18H,8-10H2,1-2H3. The molecule has 0 amide bonds. The summed E-state index contributed by atoms with van der Waals surface area (Å²) in [6, 6.07) is 9.75. The van der Waals surface area contributed by atoms with E-state index in [4.69, 9.17) is 4.52 Å². The summed E-state index contributed by atoms with van der Waals surface area (Å²) in [7, 11) is -1.29. The molecular weight excluding hydrogens is 316 g/mol. The van der Waals surface area contributed by atoms with Crippen LogP contribution in [0.1, 0.15) is 29.7 Å². The van der Waals surface area contributed by atoms with E-state index in [1.54, 1.807) is 0 Å². The molecule has 2 heterocycles. The number of nitrogens with zero attached hydrogens (tertiary/aromatic N) is 3. The lowest BCUT2D eigenvalue weighted by Crippen LogP contribution is -2.35. The van der Waals surface area contributed by atoms with Gasteiger partial charge in [0.1, 0.15) is 0 Å². The molecule has 1 fully saturated rings. The van der Waals surface area contributed by atoms with Gasteiger partial charge in [0.05, 0.1) is 12.3 Å². The highest BCUT2D eigenvalue weighted by molar-refractivity contribution is 7.88. The van der Waals surface area contributed by atoms with E-state index in [0.717, 1.165) is 5.56 Å². The SMILES string of the molecule is CN1CC(NS(C)(=O)=O)CC1c1nc(Cc2ccccc2)no1. The van der Waals surface area contributed by atoms with Crippen LogP contribution in [-0.2, 0) is 16.4 Å². The predicted octanol–water partition coefficient (Wildman–Crippen LogP) is 0.955. The predicted molar refractivity (Wildman–Crippen MR) is 85.3 cm³/mol. The first-order valence-corrected chi connectivity index (χ1v) is 9.34. The van der Waals surface area contributed by atoms with Crippen molar-refractivity contribution in [3.63, 3.8) is 0 Å². The van der Waals surface area contributed by atoms with E-state index < -0.39 is 10.0 Å². The summed E-state index contributed by atoms with van der Waals surface area (Å²) in [6.07, 6.45) is 2.41. The van der Waals surface area contributed by atoms with Crippen molar-refractivity contribution < 1.29 is 12.9 Å². The van der Waals surface area contributed by atoms with Gasteiger partial charge < -0.3 is 4.52 Å². The van der Waals surface area contributed by atoms with Crippen molar-refractivity contribution in [3.05, 3.63) is 47.6 Å². The van der Waals surface area contributed by atoms with Crippen LogP contribution in [0.3, 0.4) is 0 Å². The van der Waals surface area contributed by atoms with Crippen LogP contribution < -0.4 is 4.72 Å². The minimum Gasteiger partial charge on any atom is -0.338 e. The Morgan fingerprint density at radius 1 is 1.35 bits per heavy atom. The zero-order valence-electron chi connectivity index (χ0n) is 13.1. The molecule has 1 aromatic heterocycles. The molecule has 1 aliphatic heterocycles. The maximum atomic E-state index is 11.4. The van der Waals surface area contributed by atoms with Gasteiger partial charge in [0.2, 0.25) is 15.9 Å². The lowest BCUT2D eigenvalue weighted by molar-refractivity contribution is 0.244. The van der Waals surface area contributed by atoms with E-state index in [9.17, 15) is 8.42 Å². The molecule has 7 nitrogen and oxygen atoms in total. The molecule has 1 N–H and O–H groups in total. The number of hydrogen-bond donors (Lipinski definition) is 1. The lowest BCUT2D eigenvalue weighted by atomic mass is 10.1. The minimum atomic E-state index is -3.22. The zero-order valence-corrected chi connectivity index (χ0v) is 14.0. The van der Waals surface area contributed by atoms with Gasteiger partial charge in [-0.3, -0.25) is 4.90 Å². The molecule has 2 unspecified atom stereocenters. The number of sulfonamides is 1. The Hall–Kier alpha value is -1.77. The minimum absolute atomic E-state index is 0.0636. The van der Waals surface area contributed by atoms with Crippen LogP contribution in [0.25, 0.3) is 0 Å². The molecule has 8 heteroatoms. The lowest BCUT2D eigenvalue weighted by Gasteiger charge is -2.14. The smallest absolute Gasteiger partial charge is 0.244 e. The molecule has 0 aliphatic carbocycles. The highest BCUT2D eigenvalue weighted by Crippen LogP contribution is 2.30. The van der Waals surface area contributed by atoms with Gasteiger partial charge in [-0.05, 0) is 19.0 Å². The average Bonchev–Trinajstić information content (AvgIpc) is 3.05. The molecule has 3 rings (SSSR count). The third kappa shape index (κ3) is 4.15. The Bertz CT molecular complexity index is 760. The van der Waals surface area contributed by atoms with E-state index in [2.05, 4.69) is 14.9 Å². The summed E-state index contributed by atoms with van der Waals surface area (Å²) in [5, 5.41) is 4.04. The van der Waals surface area contributed by atoms with Crippen molar-refractivity contribution in [1.29, 1.82) is 0 Å². The van der Waals surface area contributed by atoms with Gasteiger partial charge in [0.25, 0.3) is 0 Å². The molecule has 0 spiro atoms. The molecular formula is C15H20N4O3S. The van der Waals surface area contributed by atoms with Gasteiger partial charge in [0.15, 0.2) is 5.82 Å². The maximum Gasteiger partial charge on any atom is 0.244 e. The number of likely N-dealkylation sites (N-methyl/N-ethyl adjacent to an activating group) is 1. The van der Waals surface area contributed by atoms with Gasteiger partial charge in [0, 0.05) is 19.0 Å². The Labute approximate surface area is 135 Å². The van der Waals surface area contributed by atoms with Crippen molar-refractivity contribution >= 4 is 10.0 Å². The van der Waals surface area contributed by atoms with E-state index in [1.807, 2.05) is 42.3 Å². The normalized spacial score (nSPS) is 22.5. The summed E-state index contributed by atoms with van der Waals surface area (Å²) in [4.78, 5) is 6.50. The fraction of sp³-hybridized carbons (Fsp3) is 0.467. The van der Waals surface area contributed by atoms with Crippen LogP contribution >= 0.6 is 0 Å². The third-order valence-corrected chi connectivity index (χ3v) is 4.66. The van der Waals surface area contributed by atoms with E-state index in [0.29, 0.717) is 31.1 Å². The first-order valence-electron chi connectivity index (χ1n) is 7.44. The molecule has 1 saturated heterocycles. The third-order valence-electron chi connectivity index (χ3n) is 3.90. The summed E-state index contributed by atoms with van der Waals surface area (Å²) in [6.45, 7) is 0.619. The van der Waals surface area contributed by atoms with Gasteiger partial charge in [-0.25, -0.2) is 13.1 Å². The number of aromatic nitrogens is 2. The summed E-state index contributed by atoms with van der Waals surface area (Å²) >= 11 is 0. The Balaban J connectivity index is 1.68.